The Kier molecular flexibility index (Phi) is 6.21. The molecular weight excluding hydrogens is 296 g/mol. The van der Waals surface area contributed by atoms with Gasteiger partial charge in [-0.05, 0) is 25.8 Å². The van der Waals surface area contributed by atoms with Crippen LogP contribution in [0.4, 0.5) is 0 Å². The van der Waals surface area contributed by atoms with Crippen LogP contribution < -0.4 is 5.43 Å². The van der Waals surface area contributed by atoms with Crippen molar-refractivity contribution in [3.63, 3.8) is 0 Å². The molecule has 1 aromatic rings. The molecule has 0 amide bonds. The number of hydrogen-bond acceptors (Lipinski definition) is 4. The fraction of sp³-hybridized carbons (Fsp3) is 0.647. The molecule has 6 heteroatoms. The zero-order chi connectivity index (χ0) is 16.8. The second-order valence-electron chi connectivity index (χ2n) is 6.33. The summed E-state index contributed by atoms with van der Waals surface area (Å²) in [5.41, 5.74) is 0.466. The lowest BCUT2D eigenvalue weighted by Gasteiger charge is -2.31. The SMILES string of the molecule is CCCCCn1cc(O)c(=O)cc1CN1CCCC(C(=O)O)C1. The minimum Gasteiger partial charge on any atom is -0.503 e. The van der Waals surface area contributed by atoms with Crippen molar-refractivity contribution in [3.8, 4) is 5.75 Å². The number of aliphatic carboxylic acids is 1. The van der Waals surface area contributed by atoms with Crippen LogP contribution in [0.25, 0.3) is 0 Å². The van der Waals surface area contributed by atoms with Crippen molar-refractivity contribution in [2.24, 2.45) is 5.92 Å². The third-order valence-corrected chi connectivity index (χ3v) is 4.44. The highest BCUT2D eigenvalue weighted by molar-refractivity contribution is 5.70. The van der Waals surface area contributed by atoms with E-state index in [1.54, 1.807) is 0 Å². The molecule has 128 valence electrons. The highest BCUT2D eigenvalue weighted by Crippen LogP contribution is 2.19. The molecule has 1 fully saturated rings. The summed E-state index contributed by atoms with van der Waals surface area (Å²) in [5.74, 6) is -1.31. The summed E-state index contributed by atoms with van der Waals surface area (Å²) < 4.78 is 1.93. The zero-order valence-electron chi connectivity index (χ0n) is 13.7. The Hall–Kier alpha value is -1.82. The van der Waals surface area contributed by atoms with Gasteiger partial charge in [-0.2, -0.15) is 0 Å². The number of hydrogen-bond donors (Lipinski definition) is 2. The molecule has 6 nitrogen and oxygen atoms in total. The highest BCUT2D eigenvalue weighted by atomic mass is 16.4. The van der Waals surface area contributed by atoms with Gasteiger partial charge in [-0.3, -0.25) is 14.5 Å². The number of pyridine rings is 1. The summed E-state index contributed by atoms with van der Waals surface area (Å²) in [6.07, 6.45) is 6.26. The predicted octanol–water partition coefficient (Wildman–Crippen LogP) is 2.04. The standard InChI is InChI=1S/C17H26N2O4/c1-2-3-4-8-19-12-16(21)15(20)9-14(19)11-18-7-5-6-13(10-18)17(22)23/h9,12-13,21H,2-8,10-11H2,1H3,(H,22,23). The summed E-state index contributed by atoms with van der Waals surface area (Å²) in [5, 5.41) is 18.9. The average Bonchev–Trinajstić information content (AvgIpc) is 2.52. The fourth-order valence-corrected chi connectivity index (χ4v) is 3.11. The number of carboxylic acids is 1. The molecule has 0 radical (unpaired) electrons. The van der Waals surface area contributed by atoms with Crippen LogP contribution in [0, 0.1) is 5.92 Å². The number of carbonyl (C=O) groups is 1. The summed E-state index contributed by atoms with van der Waals surface area (Å²) in [4.78, 5) is 25.0. The number of likely N-dealkylation sites (tertiary alicyclic amines) is 1. The van der Waals surface area contributed by atoms with Crippen molar-refractivity contribution in [1.29, 1.82) is 0 Å². The van der Waals surface area contributed by atoms with E-state index in [0.717, 1.165) is 44.5 Å². The minimum absolute atomic E-state index is 0.229. The van der Waals surface area contributed by atoms with Gasteiger partial charge < -0.3 is 14.8 Å². The molecule has 0 saturated carbocycles. The third-order valence-electron chi connectivity index (χ3n) is 4.44. The summed E-state index contributed by atoms with van der Waals surface area (Å²) >= 11 is 0. The Labute approximate surface area is 136 Å². The first-order valence-electron chi connectivity index (χ1n) is 8.38. The molecule has 2 N–H and O–H groups in total. The van der Waals surface area contributed by atoms with Gasteiger partial charge in [-0.1, -0.05) is 19.8 Å². The molecule has 23 heavy (non-hydrogen) atoms. The quantitative estimate of drug-likeness (QED) is 0.751. The number of rotatable bonds is 7. The van der Waals surface area contributed by atoms with Gasteiger partial charge in [0.05, 0.1) is 12.1 Å². The maximum atomic E-state index is 11.8. The van der Waals surface area contributed by atoms with Gasteiger partial charge in [-0.25, -0.2) is 0 Å². The lowest BCUT2D eigenvalue weighted by molar-refractivity contribution is -0.143. The minimum atomic E-state index is -0.749. The van der Waals surface area contributed by atoms with E-state index in [1.165, 1.54) is 12.3 Å². The lowest BCUT2D eigenvalue weighted by Crippen LogP contribution is -2.39. The smallest absolute Gasteiger partial charge is 0.307 e. The Balaban J connectivity index is 2.12. The Bertz CT molecular complexity index is 597. The van der Waals surface area contributed by atoms with Crippen LogP contribution in [-0.4, -0.2) is 38.7 Å². The predicted molar refractivity (Wildman–Crippen MR) is 87.5 cm³/mol. The first-order chi connectivity index (χ1) is 11.0. The molecular formula is C17H26N2O4. The van der Waals surface area contributed by atoms with Gasteiger partial charge in [0.25, 0.3) is 0 Å². The number of aromatic hydroxyl groups is 1. The maximum Gasteiger partial charge on any atom is 0.307 e. The Morgan fingerprint density at radius 2 is 2.17 bits per heavy atom. The van der Waals surface area contributed by atoms with E-state index >= 15 is 0 Å². The van der Waals surface area contributed by atoms with Crippen molar-refractivity contribution in [2.45, 2.75) is 52.1 Å². The van der Waals surface area contributed by atoms with Crippen LogP contribution in [-0.2, 0) is 17.9 Å². The van der Waals surface area contributed by atoms with E-state index in [4.69, 9.17) is 0 Å². The van der Waals surface area contributed by atoms with Crippen LogP contribution in [0.2, 0.25) is 0 Å². The fourth-order valence-electron chi connectivity index (χ4n) is 3.11. The maximum absolute atomic E-state index is 11.8. The van der Waals surface area contributed by atoms with Crippen molar-refractivity contribution >= 4 is 5.97 Å². The van der Waals surface area contributed by atoms with Crippen molar-refractivity contribution in [1.82, 2.24) is 9.47 Å². The number of aryl methyl sites for hydroxylation is 1. The molecule has 1 saturated heterocycles. The van der Waals surface area contributed by atoms with Gasteiger partial charge in [0, 0.05) is 31.4 Å². The van der Waals surface area contributed by atoms with Gasteiger partial charge in [0.1, 0.15) is 0 Å². The number of piperidine rings is 1. The molecule has 1 aliphatic heterocycles. The van der Waals surface area contributed by atoms with E-state index in [2.05, 4.69) is 11.8 Å². The van der Waals surface area contributed by atoms with Crippen LogP contribution in [0.15, 0.2) is 17.1 Å². The zero-order valence-corrected chi connectivity index (χ0v) is 13.7. The number of carboxylic acid groups (broad SMARTS) is 1. The molecule has 2 rings (SSSR count). The molecule has 1 atom stereocenters. The van der Waals surface area contributed by atoms with E-state index in [9.17, 15) is 19.8 Å². The molecule has 0 bridgehead atoms. The third kappa shape index (κ3) is 4.82. The summed E-state index contributed by atoms with van der Waals surface area (Å²) in [7, 11) is 0. The summed E-state index contributed by atoms with van der Waals surface area (Å²) in [6.45, 7) is 4.79. The Morgan fingerprint density at radius 1 is 1.39 bits per heavy atom. The molecule has 1 aliphatic rings. The van der Waals surface area contributed by atoms with E-state index in [-0.39, 0.29) is 17.1 Å². The van der Waals surface area contributed by atoms with Gasteiger partial charge in [-0.15, -0.1) is 0 Å². The number of aromatic nitrogens is 1. The first kappa shape index (κ1) is 17.5. The molecule has 1 unspecified atom stereocenters. The van der Waals surface area contributed by atoms with Gasteiger partial charge >= 0.3 is 5.97 Å². The molecule has 0 aliphatic carbocycles. The van der Waals surface area contributed by atoms with Crippen LogP contribution in [0.3, 0.4) is 0 Å². The van der Waals surface area contributed by atoms with Crippen molar-refractivity contribution in [2.75, 3.05) is 13.1 Å². The van der Waals surface area contributed by atoms with Crippen LogP contribution in [0.5, 0.6) is 5.75 Å². The van der Waals surface area contributed by atoms with Crippen LogP contribution in [0.1, 0.15) is 44.7 Å². The second-order valence-corrected chi connectivity index (χ2v) is 6.33. The molecule has 1 aromatic heterocycles. The second kappa shape index (κ2) is 8.15. The number of unbranched alkanes of at least 4 members (excludes halogenated alkanes) is 2. The Morgan fingerprint density at radius 3 is 2.87 bits per heavy atom. The normalized spacial score (nSPS) is 18.9. The largest absolute Gasteiger partial charge is 0.503 e. The molecule has 0 aromatic carbocycles. The topological polar surface area (TPSA) is 82.8 Å². The van der Waals surface area contributed by atoms with E-state index in [0.29, 0.717) is 19.5 Å². The summed E-state index contributed by atoms with van der Waals surface area (Å²) in [6, 6.07) is 1.48. The van der Waals surface area contributed by atoms with E-state index < -0.39 is 5.97 Å². The highest BCUT2D eigenvalue weighted by Gasteiger charge is 2.25. The van der Waals surface area contributed by atoms with Gasteiger partial charge in [0.2, 0.25) is 5.43 Å². The van der Waals surface area contributed by atoms with Gasteiger partial charge in [0.15, 0.2) is 5.75 Å². The molecule has 0 spiro atoms. The molecule has 2 heterocycles. The monoisotopic (exact) mass is 322 g/mol. The van der Waals surface area contributed by atoms with Crippen molar-refractivity contribution in [3.05, 3.63) is 28.2 Å². The first-order valence-corrected chi connectivity index (χ1v) is 8.38. The van der Waals surface area contributed by atoms with E-state index in [1.807, 2.05) is 4.57 Å². The average molecular weight is 322 g/mol. The number of nitrogens with zero attached hydrogens (tertiary/aromatic N) is 2. The lowest BCUT2D eigenvalue weighted by atomic mass is 9.98. The van der Waals surface area contributed by atoms with Crippen LogP contribution >= 0.6 is 0 Å². The van der Waals surface area contributed by atoms with Crippen molar-refractivity contribution < 1.29 is 15.0 Å².